The zero-order chi connectivity index (χ0) is 35.2. The molecule has 282 valence electrons. The minimum Gasteiger partial charge on any atom is -0.394 e. The van der Waals surface area contributed by atoms with Crippen LogP contribution in [0.15, 0.2) is 24.3 Å². The second-order valence-corrected chi connectivity index (χ2v) is 13.7. The zero-order valence-corrected chi connectivity index (χ0v) is 30.5. The van der Waals surface area contributed by atoms with Gasteiger partial charge >= 0.3 is 0 Å². The van der Waals surface area contributed by atoms with Crippen LogP contribution in [0.3, 0.4) is 0 Å². The Bertz CT molecular complexity index is 807. The molecule has 6 N–H and O–H groups in total. The van der Waals surface area contributed by atoms with E-state index in [4.69, 9.17) is 9.47 Å². The summed E-state index contributed by atoms with van der Waals surface area (Å²) in [6.07, 6.45) is 26.1. The highest BCUT2D eigenvalue weighted by atomic mass is 16.7. The number of hydrogen-bond acceptors (Lipinski definition) is 8. The SMILES string of the molecule is CCCCCCC/C=C/CCCCCCCC(=O)N[C@@H](CO[C@H]1O[C@@H](CO)[C@H](O)C(O)C1O)[C@H](O)CCCC/C=C/CCCCCCC. The third-order valence-electron chi connectivity index (χ3n) is 9.28. The van der Waals surface area contributed by atoms with E-state index in [1.54, 1.807) is 0 Å². The van der Waals surface area contributed by atoms with Crippen molar-refractivity contribution in [2.75, 3.05) is 13.2 Å². The average molecular weight is 684 g/mol. The normalized spacial score (nSPS) is 22.9. The van der Waals surface area contributed by atoms with Crippen molar-refractivity contribution in [1.29, 1.82) is 0 Å². The number of carbonyl (C=O) groups is 1. The maximum absolute atomic E-state index is 12.9. The molecule has 0 aromatic heterocycles. The van der Waals surface area contributed by atoms with Gasteiger partial charge in [0.25, 0.3) is 0 Å². The van der Waals surface area contributed by atoms with Crippen LogP contribution in [0.5, 0.6) is 0 Å². The highest BCUT2D eigenvalue weighted by molar-refractivity contribution is 5.76. The standard InChI is InChI=1S/C39H73NO8/c1-3-5-7-9-11-13-15-16-17-19-21-23-25-27-29-35(43)40-32(31-47-39-38(46)37(45)36(44)34(30-41)48-39)33(42)28-26-24-22-20-18-14-12-10-8-6-4-2/h15-16,18,20,32-34,36-39,41-42,44-46H,3-14,17,19,21-31H2,1-2H3,(H,40,43)/b16-15+,20-18+/t32-,33+,34-,36-,37?,38?,39-/m0/s1. The van der Waals surface area contributed by atoms with Crippen LogP contribution in [-0.2, 0) is 14.3 Å². The Labute approximate surface area is 292 Å². The lowest BCUT2D eigenvalue weighted by Gasteiger charge is -2.40. The van der Waals surface area contributed by atoms with Gasteiger partial charge in [-0.05, 0) is 64.2 Å². The fourth-order valence-electron chi connectivity index (χ4n) is 6.03. The van der Waals surface area contributed by atoms with Gasteiger partial charge < -0.3 is 40.3 Å². The molecule has 0 radical (unpaired) electrons. The van der Waals surface area contributed by atoms with Crippen LogP contribution in [0.25, 0.3) is 0 Å². The van der Waals surface area contributed by atoms with Gasteiger partial charge in [-0.25, -0.2) is 0 Å². The van der Waals surface area contributed by atoms with E-state index in [0.717, 1.165) is 64.2 Å². The van der Waals surface area contributed by atoms with Crippen molar-refractivity contribution in [3.63, 3.8) is 0 Å². The van der Waals surface area contributed by atoms with E-state index < -0.39 is 49.5 Å². The van der Waals surface area contributed by atoms with Crippen molar-refractivity contribution in [1.82, 2.24) is 5.32 Å². The smallest absolute Gasteiger partial charge is 0.220 e. The summed E-state index contributed by atoms with van der Waals surface area (Å²) >= 11 is 0. The fourth-order valence-corrected chi connectivity index (χ4v) is 6.03. The molecule has 1 fully saturated rings. The Morgan fingerprint density at radius 3 is 1.69 bits per heavy atom. The second kappa shape index (κ2) is 30.5. The van der Waals surface area contributed by atoms with Crippen LogP contribution < -0.4 is 5.32 Å². The first-order chi connectivity index (χ1) is 23.3. The van der Waals surface area contributed by atoms with Gasteiger partial charge in [0.1, 0.15) is 24.4 Å². The molecule has 1 saturated heterocycles. The van der Waals surface area contributed by atoms with Crippen molar-refractivity contribution in [3.05, 3.63) is 24.3 Å². The molecular weight excluding hydrogens is 610 g/mol. The number of rotatable bonds is 31. The molecule has 9 heteroatoms. The van der Waals surface area contributed by atoms with E-state index in [0.29, 0.717) is 12.8 Å². The Kier molecular flexibility index (Phi) is 28.4. The minimum absolute atomic E-state index is 0.153. The van der Waals surface area contributed by atoms with Crippen molar-refractivity contribution in [2.45, 2.75) is 204 Å². The summed E-state index contributed by atoms with van der Waals surface area (Å²) in [6.45, 7) is 3.75. The Morgan fingerprint density at radius 1 is 0.688 bits per heavy atom. The topological polar surface area (TPSA) is 149 Å². The maximum Gasteiger partial charge on any atom is 0.220 e. The minimum atomic E-state index is -1.56. The van der Waals surface area contributed by atoms with E-state index in [1.165, 1.54) is 70.6 Å². The number of allylic oxidation sites excluding steroid dienone is 4. The lowest BCUT2D eigenvalue weighted by molar-refractivity contribution is -0.302. The third-order valence-corrected chi connectivity index (χ3v) is 9.28. The summed E-state index contributed by atoms with van der Waals surface area (Å²) in [4.78, 5) is 12.9. The molecule has 0 aromatic rings. The third kappa shape index (κ3) is 21.7. The summed E-state index contributed by atoms with van der Waals surface area (Å²) < 4.78 is 11.2. The number of aliphatic hydroxyl groups is 5. The van der Waals surface area contributed by atoms with Crippen molar-refractivity contribution >= 4 is 5.91 Å². The summed E-state index contributed by atoms with van der Waals surface area (Å²) in [5.74, 6) is -0.166. The van der Waals surface area contributed by atoms with Gasteiger partial charge in [0.2, 0.25) is 5.91 Å². The molecule has 0 bridgehead atoms. The number of ether oxygens (including phenoxy) is 2. The Hall–Kier alpha value is -1.33. The average Bonchev–Trinajstić information content (AvgIpc) is 3.08. The van der Waals surface area contributed by atoms with Crippen LogP contribution in [0.2, 0.25) is 0 Å². The first kappa shape index (κ1) is 44.7. The first-order valence-electron chi connectivity index (χ1n) is 19.5. The molecule has 0 saturated carbocycles. The van der Waals surface area contributed by atoms with E-state index in [2.05, 4.69) is 43.5 Å². The van der Waals surface area contributed by atoms with Gasteiger partial charge in [-0.1, -0.05) is 115 Å². The number of nitrogens with one attached hydrogen (secondary N) is 1. The zero-order valence-electron chi connectivity index (χ0n) is 30.5. The van der Waals surface area contributed by atoms with E-state index in [9.17, 15) is 30.3 Å². The molecule has 0 aromatic carbocycles. The molecule has 2 unspecified atom stereocenters. The Morgan fingerprint density at radius 2 is 1.17 bits per heavy atom. The van der Waals surface area contributed by atoms with Crippen molar-refractivity contribution in [3.8, 4) is 0 Å². The molecule has 0 aliphatic carbocycles. The lowest BCUT2D eigenvalue weighted by atomic mass is 9.99. The Balaban J connectivity index is 2.44. The molecule has 9 nitrogen and oxygen atoms in total. The molecule has 0 spiro atoms. The van der Waals surface area contributed by atoms with Gasteiger partial charge in [0.05, 0.1) is 25.4 Å². The van der Waals surface area contributed by atoms with Crippen LogP contribution in [-0.4, -0.2) is 87.5 Å². The molecule has 1 amide bonds. The highest BCUT2D eigenvalue weighted by Crippen LogP contribution is 2.23. The lowest BCUT2D eigenvalue weighted by Crippen LogP contribution is -2.60. The predicted molar refractivity (Wildman–Crippen MR) is 193 cm³/mol. The summed E-state index contributed by atoms with van der Waals surface area (Å²) in [5.41, 5.74) is 0. The summed E-state index contributed by atoms with van der Waals surface area (Å²) in [5, 5.41) is 54.0. The molecule has 1 heterocycles. The molecule has 1 aliphatic heterocycles. The first-order valence-corrected chi connectivity index (χ1v) is 19.5. The molecule has 7 atom stereocenters. The second-order valence-electron chi connectivity index (χ2n) is 13.7. The molecule has 48 heavy (non-hydrogen) atoms. The van der Waals surface area contributed by atoms with Crippen molar-refractivity contribution < 1.29 is 39.8 Å². The van der Waals surface area contributed by atoms with Crippen LogP contribution in [0, 0.1) is 0 Å². The maximum atomic E-state index is 12.9. The van der Waals surface area contributed by atoms with E-state index >= 15 is 0 Å². The monoisotopic (exact) mass is 684 g/mol. The van der Waals surface area contributed by atoms with Crippen LogP contribution in [0.1, 0.15) is 162 Å². The van der Waals surface area contributed by atoms with Gasteiger partial charge in [-0.3, -0.25) is 4.79 Å². The van der Waals surface area contributed by atoms with Crippen molar-refractivity contribution in [2.24, 2.45) is 0 Å². The summed E-state index contributed by atoms with van der Waals surface area (Å²) in [7, 11) is 0. The quantitative estimate of drug-likeness (QED) is 0.0346. The van der Waals surface area contributed by atoms with Crippen LogP contribution in [0.4, 0.5) is 0 Å². The number of amides is 1. The van der Waals surface area contributed by atoms with Gasteiger partial charge in [-0.15, -0.1) is 0 Å². The van der Waals surface area contributed by atoms with Crippen LogP contribution >= 0.6 is 0 Å². The molecule has 1 aliphatic rings. The fraction of sp³-hybridized carbons (Fsp3) is 0.872. The van der Waals surface area contributed by atoms with E-state index in [-0.39, 0.29) is 12.5 Å². The predicted octanol–water partition coefficient (Wildman–Crippen LogP) is 6.77. The highest BCUT2D eigenvalue weighted by Gasteiger charge is 2.44. The number of aliphatic hydroxyl groups excluding tert-OH is 5. The molecular formula is C39H73NO8. The van der Waals surface area contributed by atoms with Gasteiger partial charge in [-0.2, -0.15) is 0 Å². The summed E-state index contributed by atoms with van der Waals surface area (Å²) in [6, 6.07) is -0.734. The number of hydrogen-bond donors (Lipinski definition) is 6. The van der Waals surface area contributed by atoms with Gasteiger partial charge in [0, 0.05) is 6.42 Å². The number of carbonyl (C=O) groups excluding carboxylic acids is 1. The van der Waals surface area contributed by atoms with E-state index in [1.807, 2.05) is 0 Å². The van der Waals surface area contributed by atoms with Gasteiger partial charge in [0.15, 0.2) is 6.29 Å². The number of unbranched alkanes of at least 4 members (excludes halogenated alkanes) is 17. The largest absolute Gasteiger partial charge is 0.394 e. The molecule has 1 rings (SSSR count).